The molecule has 0 bridgehead atoms. The molecule has 0 heterocycles. The van der Waals surface area contributed by atoms with E-state index < -0.39 is 0 Å². The van der Waals surface area contributed by atoms with E-state index in [1.54, 1.807) is 0 Å². The molecular formula is C16H34N2S. The quantitative estimate of drug-likeness (QED) is 0.620. The summed E-state index contributed by atoms with van der Waals surface area (Å²) in [5, 5.41) is 0. The van der Waals surface area contributed by atoms with Crippen molar-refractivity contribution in [2.75, 3.05) is 25.1 Å². The van der Waals surface area contributed by atoms with Gasteiger partial charge in [0.1, 0.15) is 0 Å². The smallest absolute Gasteiger partial charge is 0.0221 e. The summed E-state index contributed by atoms with van der Waals surface area (Å²) < 4.78 is 0. The summed E-state index contributed by atoms with van der Waals surface area (Å²) in [4.78, 5) is 2.77. The first kappa shape index (κ1) is 17.3. The number of rotatable bonds is 10. The molecule has 1 aliphatic rings. The number of nitrogens with two attached hydrogens (primary N) is 1. The molecule has 114 valence electrons. The lowest BCUT2D eigenvalue weighted by Crippen LogP contribution is -2.46. The maximum atomic E-state index is 6.08. The molecule has 0 aliphatic heterocycles. The topological polar surface area (TPSA) is 29.3 Å². The van der Waals surface area contributed by atoms with Gasteiger partial charge in [-0.3, -0.25) is 4.90 Å². The number of thioether (sulfide) groups is 1. The van der Waals surface area contributed by atoms with Crippen LogP contribution in [-0.2, 0) is 0 Å². The number of hydrogen-bond acceptors (Lipinski definition) is 3. The maximum Gasteiger partial charge on any atom is 0.0221 e. The summed E-state index contributed by atoms with van der Waals surface area (Å²) in [7, 11) is 0. The fourth-order valence-corrected chi connectivity index (χ4v) is 3.64. The van der Waals surface area contributed by atoms with E-state index in [9.17, 15) is 0 Å². The second-order valence-electron chi connectivity index (χ2n) is 6.38. The van der Waals surface area contributed by atoms with Crippen molar-refractivity contribution < 1.29 is 0 Å². The van der Waals surface area contributed by atoms with E-state index in [0.717, 1.165) is 18.5 Å². The van der Waals surface area contributed by atoms with E-state index in [1.165, 1.54) is 57.2 Å². The van der Waals surface area contributed by atoms with E-state index >= 15 is 0 Å². The third-order valence-corrected chi connectivity index (χ3v) is 5.08. The van der Waals surface area contributed by atoms with Crippen LogP contribution in [0.1, 0.15) is 58.8 Å². The highest BCUT2D eigenvalue weighted by atomic mass is 32.2. The van der Waals surface area contributed by atoms with Gasteiger partial charge < -0.3 is 5.73 Å². The zero-order valence-electron chi connectivity index (χ0n) is 13.2. The molecule has 0 aromatic heterocycles. The average Bonchev–Trinajstić information content (AvgIpc) is 2.90. The van der Waals surface area contributed by atoms with Gasteiger partial charge in [-0.25, -0.2) is 0 Å². The van der Waals surface area contributed by atoms with Crippen molar-refractivity contribution in [3.63, 3.8) is 0 Å². The molecule has 1 unspecified atom stereocenters. The van der Waals surface area contributed by atoms with Crippen molar-refractivity contribution in [1.29, 1.82) is 0 Å². The van der Waals surface area contributed by atoms with Crippen LogP contribution in [0.3, 0.4) is 0 Å². The Bertz CT molecular complexity index is 215. The Morgan fingerprint density at radius 1 is 1.21 bits per heavy atom. The van der Waals surface area contributed by atoms with Gasteiger partial charge in [-0.1, -0.05) is 26.7 Å². The molecule has 1 atom stereocenters. The van der Waals surface area contributed by atoms with Crippen LogP contribution in [0.4, 0.5) is 0 Å². The molecule has 0 spiro atoms. The van der Waals surface area contributed by atoms with Gasteiger partial charge in [0, 0.05) is 18.6 Å². The molecule has 0 saturated heterocycles. The van der Waals surface area contributed by atoms with Crippen molar-refractivity contribution in [2.24, 2.45) is 11.7 Å². The van der Waals surface area contributed by atoms with Crippen molar-refractivity contribution in [3.8, 4) is 0 Å². The van der Waals surface area contributed by atoms with Crippen molar-refractivity contribution in [3.05, 3.63) is 0 Å². The zero-order valence-corrected chi connectivity index (χ0v) is 14.1. The molecule has 2 N–H and O–H groups in total. The van der Waals surface area contributed by atoms with Crippen LogP contribution in [0.15, 0.2) is 0 Å². The normalized spacial score (nSPS) is 18.6. The van der Waals surface area contributed by atoms with Crippen LogP contribution >= 0.6 is 11.8 Å². The maximum absolute atomic E-state index is 6.08. The lowest BCUT2D eigenvalue weighted by Gasteiger charge is -2.36. The minimum atomic E-state index is 0.619. The summed E-state index contributed by atoms with van der Waals surface area (Å²) in [6.45, 7) is 6.75. The molecule has 19 heavy (non-hydrogen) atoms. The fraction of sp³-hybridized carbons (Fsp3) is 1.00. The molecule has 3 heteroatoms. The van der Waals surface area contributed by atoms with Gasteiger partial charge in [0.25, 0.3) is 0 Å². The standard InChI is InChI=1S/C16H34N2S/c1-14(2)10-11-18(15-7-4-5-8-15)16(13-17)9-6-12-19-3/h14-16H,4-13,17H2,1-3H3. The van der Waals surface area contributed by atoms with E-state index in [1.807, 2.05) is 11.8 Å². The van der Waals surface area contributed by atoms with Gasteiger partial charge in [-0.15, -0.1) is 0 Å². The third kappa shape index (κ3) is 6.50. The number of hydrogen-bond donors (Lipinski definition) is 1. The monoisotopic (exact) mass is 286 g/mol. The second-order valence-corrected chi connectivity index (χ2v) is 7.37. The molecule has 0 aromatic carbocycles. The van der Waals surface area contributed by atoms with Crippen molar-refractivity contribution in [2.45, 2.75) is 70.9 Å². The van der Waals surface area contributed by atoms with Crippen LogP contribution in [0.25, 0.3) is 0 Å². The average molecular weight is 287 g/mol. The van der Waals surface area contributed by atoms with Crippen LogP contribution in [-0.4, -0.2) is 42.1 Å². The highest BCUT2D eigenvalue weighted by Gasteiger charge is 2.27. The van der Waals surface area contributed by atoms with E-state index in [4.69, 9.17) is 5.73 Å². The lowest BCUT2D eigenvalue weighted by molar-refractivity contribution is 0.124. The predicted molar refractivity (Wildman–Crippen MR) is 88.9 cm³/mol. The van der Waals surface area contributed by atoms with E-state index in [-0.39, 0.29) is 0 Å². The van der Waals surface area contributed by atoms with Gasteiger partial charge >= 0.3 is 0 Å². The second kappa shape index (κ2) is 10.1. The first-order valence-corrected chi connectivity index (χ1v) is 9.53. The van der Waals surface area contributed by atoms with Gasteiger partial charge in [0.2, 0.25) is 0 Å². The minimum absolute atomic E-state index is 0.619. The first-order chi connectivity index (χ1) is 9.19. The van der Waals surface area contributed by atoms with Gasteiger partial charge in [-0.2, -0.15) is 11.8 Å². The fourth-order valence-electron chi connectivity index (χ4n) is 3.19. The SMILES string of the molecule is CSCCCC(CN)N(CCC(C)C)C1CCCC1. The molecule has 1 fully saturated rings. The Morgan fingerprint density at radius 2 is 1.89 bits per heavy atom. The molecular weight excluding hydrogens is 252 g/mol. The van der Waals surface area contributed by atoms with Crippen LogP contribution in [0.5, 0.6) is 0 Å². The largest absolute Gasteiger partial charge is 0.329 e. The van der Waals surface area contributed by atoms with Crippen LogP contribution < -0.4 is 5.73 Å². The van der Waals surface area contributed by atoms with E-state index in [0.29, 0.717) is 6.04 Å². The minimum Gasteiger partial charge on any atom is -0.329 e. The van der Waals surface area contributed by atoms with Crippen molar-refractivity contribution in [1.82, 2.24) is 4.90 Å². The Balaban J connectivity index is 2.51. The Hall–Kier alpha value is 0.270. The Kier molecular flexibility index (Phi) is 9.17. The van der Waals surface area contributed by atoms with Crippen molar-refractivity contribution >= 4 is 11.8 Å². The summed E-state index contributed by atoms with van der Waals surface area (Å²) in [5.74, 6) is 2.08. The first-order valence-electron chi connectivity index (χ1n) is 8.13. The molecule has 1 saturated carbocycles. The van der Waals surface area contributed by atoms with Crippen LogP contribution in [0, 0.1) is 5.92 Å². The predicted octanol–water partition coefficient (Wildman–Crippen LogP) is 3.75. The summed E-state index contributed by atoms with van der Waals surface area (Å²) >= 11 is 1.96. The van der Waals surface area contributed by atoms with Gasteiger partial charge in [0.05, 0.1) is 0 Å². The molecule has 1 aliphatic carbocycles. The lowest BCUT2D eigenvalue weighted by atomic mass is 10.0. The Morgan fingerprint density at radius 3 is 2.42 bits per heavy atom. The Labute approximate surface area is 124 Å². The van der Waals surface area contributed by atoms with Gasteiger partial charge in [-0.05, 0) is 56.6 Å². The molecule has 0 radical (unpaired) electrons. The van der Waals surface area contributed by atoms with Gasteiger partial charge in [0.15, 0.2) is 0 Å². The number of nitrogens with zero attached hydrogens (tertiary/aromatic N) is 1. The highest BCUT2D eigenvalue weighted by Crippen LogP contribution is 2.27. The molecule has 0 aromatic rings. The van der Waals surface area contributed by atoms with E-state index in [2.05, 4.69) is 25.0 Å². The zero-order chi connectivity index (χ0) is 14.1. The summed E-state index contributed by atoms with van der Waals surface area (Å²) in [6, 6.07) is 1.44. The summed E-state index contributed by atoms with van der Waals surface area (Å²) in [5.41, 5.74) is 6.08. The summed E-state index contributed by atoms with van der Waals surface area (Å²) in [6.07, 6.45) is 11.8. The molecule has 2 nitrogen and oxygen atoms in total. The molecule has 0 amide bonds. The highest BCUT2D eigenvalue weighted by molar-refractivity contribution is 7.98. The molecule has 1 rings (SSSR count). The third-order valence-electron chi connectivity index (χ3n) is 4.39. The van der Waals surface area contributed by atoms with Crippen LogP contribution in [0.2, 0.25) is 0 Å².